The lowest BCUT2D eigenvalue weighted by Crippen LogP contribution is -2.33. The van der Waals surface area contributed by atoms with Crippen molar-refractivity contribution in [2.75, 3.05) is 19.8 Å². The number of aliphatic hydroxyl groups excluding tert-OH is 1. The van der Waals surface area contributed by atoms with E-state index in [0.717, 1.165) is 12.8 Å². The second-order valence-corrected chi connectivity index (χ2v) is 2.77. The molecule has 0 bridgehead atoms. The summed E-state index contributed by atoms with van der Waals surface area (Å²) in [5, 5.41) is 9.36. The van der Waals surface area contributed by atoms with E-state index in [-0.39, 0.29) is 12.0 Å². The number of nitrogens with two attached hydrogens (primary N) is 1. The van der Waals surface area contributed by atoms with Crippen LogP contribution < -0.4 is 5.73 Å². The van der Waals surface area contributed by atoms with Gasteiger partial charge in [-0.15, -0.1) is 0 Å². The third-order valence-corrected chi connectivity index (χ3v) is 1.97. The Morgan fingerprint density at radius 2 is 2.40 bits per heavy atom. The molecule has 0 aliphatic carbocycles. The predicted molar refractivity (Wildman–Crippen MR) is 38.6 cm³/mol. The first-order chi connectivity index (χ1) is 4.84. The molecule has 60 valence electrons. The lowest BCUT2D eigenvalue weighted by molar-refractivity contribution is -0.0372. The Labute approximate surface area is 61.2 Å². The molecule has 3 nitrogen and oxygen atoms in total. The van der Waals surface area contributed by atoms with Crippen LogP contribution in [0.3, 0.4) is 0 Å². The number of hydrogen-bond donors (Lipinski definition) is 2. The first-order valence-electron chi connectivity index (χ1n) is 3.80. The molecule has 1 saturated heterocycles. The van der Waals surface area contributed by atoms with Crippen LogP contribution >= 0.6 is 0 Å². The fraction of sp³-hybridized carbons (Fsp3) is 1.00. The molecular formula is C7H15NO2. The van der Waals surface area contributed by atoms with E-state index >= 15 is 0 Å². The molecule has 0 amide bonds. The van der Waals surface area contributed by atoms with Crippen LogP contribution in [0.1, 0.15) is 12.8 Å². The third kappa shape index (κ3) is 1.94. The van der Waals surface area contributed by atoms with Crippen molar-refractivity contribution in [2.24, 2.45) is 11.7 Å². The molecule has 2 unspecified atom stereocenters. The fourth-order valence-corrected chi connectivity index (χ4v) is 1.28. The number of aliphatic hydroxyl groups is 1. The van der Waals surface area contributed by atoms with Gasteiger partial charge >= 0.3 is 0 Å². The quantitative estimate of drug-likeness (QED) is 0.562. The van der Waals surface area contributed by atoms with Gasteiger partial charge in [-0.05, 0) is 19.4 Å². The molecule has 0 radical (unpaired) electrons. The minimum absolute atomic E-state index is 0.183. The molecule has 0 aromatic rings. The topological polar surface area (TPSA) is 55.5 Å². The van der Waals surface area contributed by atoms with Crippen molar-refractivity contribution in [2.45, 2.75) is 18.9 Å². The summed E-state index contributed by atoms with van der Waals surface area (Å²) in [6.45, 7) is 2.02. The summed E-state index contributed by atoms with van der Waals surface area (Å²) in [5.74, 6) is 0.277. The van der Waals surface area contributed by atoms with Crippen LogP contribution in [0.15, 0.2) is 0 Å². The van der Waals surface area contributed by atoms with Gasteiger partial charge in [0.05, 0.1) is 12.7 Å². The van der Waals surface area contributed by atoms with E-state index in [4.69, 9.17) is 10.5 Å². The van der Waals surface area contributed by atoms with Crippen LogP contribution in [-0.4, -0.2) is 31.0 Å². The van der Waals surface area contributed by atoms with Crippen LogP contribution in [-0.2, 0) is 4.74 Å². The number of ether oxygens (including phenoxy) is 1. The molecule has 0 aromatic carbocycles. The van der Waals surface area contributed by atoms with Crippen molar-refractivity contribution in [3.63, 3.8) is 0 Å². The molecule has 0 aromatic heterocycles. The third-order valence-electron chi connectivity index (χ3n) is 1.97. The van der Waals surface area contributed by atoms with Gasteiger partial charge < -0.3 is 15.6 Å². The summed E-state index contributed by atoms with van der Waals surface area (Å²) in [5.41, 5.74) is 5.35. The summed E-state index contributed by atoms with van der Waals surface area (Å²) < 4.78 is 5.19. The maximum Gasteiger partial charge on any atom is 0.0612 e. The monoisotopic (exact) mass is 145 g/mol. The van der Waals surface area contributed by atoms with E-state index in [1.54, 1.807) is 0 Å². The zero-order valence-electron chi connectivity index (χ0n) is 6.12. The van der Waals surface area contributed by atoms with Gasteiger partial charge in [-0.3, -0.25) is 0 Å². The zero-order valence-corrected chi connectivity index (χ0v) is 6.12. The predicted octanol–water partition coefficient (Wildman–Crippen LogP) is -0.267. The highest BCUT2D eigenvalue weighted by Crippen LogP contribution is 2.16. The normalized spacial score (nSPS) is 34.2. The first kappa shape index (κ1) is 7.98. The lowest BCUT2D eigenvalue weighted by Gasteiger charge is -2.26. The van der Waals surface area contributed by atoms with E-state index in [9.17, 15) is 5.11 Å². The van der Waals surface area contributed by atoms with E-state index in [1.165, 1.54) is 0 Å². The minimum atomic E-state index is -0.183. The number of rotatable bonds is 2. The largest absolute Gasteiger partial charge is 0.393 e. The van der Waals surface area contributed by atoms with Gasteiger partial charge in [0.15, 0.2) is 0 Å². The second-order valence-electron chi connectivity index (χ2n) is 2.77. The highest BCUT2D eigenvalue weighted by atomic mass is 16.5. The fourth-order valence-electron chi connectivity index (χ4n) is 1.28. The Bertz CT molecular complexity index is 95.6. The van der Waals surface area contributed by atoms with Gasteiger partial charge in [0.2, 0.25) is 0 Å². The van der Waals surface area contributed by atoms with Crippen LogP contribution in [0.2, 0.25) is 0 Å². The molecule has 2 atom stereocenters. The molecule has 3 N–H and O–H groups in total. The van der Waals surface area contributed by atoms with Crippen molar-refractivity contribution < 1.29 is 9.84 Å². The zero-order chi connectivity index (χ0) is 7.40. The minimum Gasteiger partial charge on any atom is -0.393 e. The summed E-state index contributed by atoms with van der Waals surface area (Å²) in [7, 11) is 0. The van der Waals surface area contributed by atoms with Gasteiger partial charge in [-0.1, -0.05) is 0 Å². The van der Waals surface area contributed by atoms with Crippen molar-refractivity contribution in [3.8, 4) is 0 Å². The summed E-state index contributed by atoms with van der Waals surface area (Å²) in [6.07, 6.45) is 1.46. The van der Waals surface area contributed by atoms with E-state index in [1.807, 2.05) is 0 Å². The average Bonchev–Trinajstić information content (AvgIpc) is 1.94. The Morgan fingerprint density at radius 3 is 3.00 bits per heavy atom. The highest BCUT2D eigenvalue weighted by Gasteiger charge is 2.22. The Balaban J connectivity index is 2.25. The first-order valence-corrected chi connectivity index (χ1v) is 3.80. The maximum atomic E-state index is 9.36. The van der Waals surface area contributed by atoms with Crippen molar-refractivity contribution in [1.29, 1.82) is 0 Å². The molecule has 1 aliphatic rings. The van der Waals surface area contributed by atoms with Gasteiger partial charge in [-0.25, -0.2) is 0 Å². The summed E-state index contributed by atoms with van der Waals surface area (Å²) in [6, 6.07) is 0. The molecular weight excluding hydrogens is 130 g/mol. The average molecular weight is 145 g/mol. The van der Waals surface area contributed by atoms with Gasteiger partial charge in [-0.2, -0.15) is 0 Å². The molecule has 0 saturated carbocycles. The second kappa shape index (κ2) is 3.91. The Hall–Kier alpha value is -0.120. The smallest absolute Gasteiger partial charge is 0.0612 e. The van der Waals surface area contributed by atoms with E-state index in [2.05, 4.69) is 0 Å². The summed E-state index contributed by atoms with van der Waals surface area (Å²) >= 11 is 0. The molecule has 3 heteroatoms. The van der Waals surface area contributed by atoms with Crippen LogP contribution in [0.25, 0.3) is 0 Å². The lowest BCUT2D eigenvalue weighted by atomic mass is 9.95. The molecule has 1 rings (SSSR count). The van der Waals surface area contributed by atoms with E-state index < -0.39 is 0 Å². The SMILES string of the molecule is NCCC1COCCC1O. The Morgan fingerprint density at radius 1 is 1.60 bits per heavy atom. The van der Waals surface area contributed by atoms with Crippen LogP contribution in [0.4, 0.5) is 0 Å². The van der Waals surface area contributed by atoms with Crippen LogP contribution in [0.5, 0.6) is 0 Å². The van der Waals surface area contributed by atoms with Crippen molar-refractivity contribution >= 4 is 0 Å². The standard InChI is InChI=1S/C7H15NO2/c8-3-1-6-5-10-4-2-7(6)9/h6-7,9H,1-5,8H2. The number of hydrogen-bond acceptors (Lipinski definition) is 3. The Kier molecular flexibility index (Phi) is 3.12. The van der Waals surface area contributed by atoms with Gasteiger partial charge in [0.1, 0.15) is 0 Å². The maximum absolute atomic E-state index is 9.36. The highest BCUT2D eigenvalue weighted by molar-refractivity contribution is 4.72. The van der Waals surface area contributed by atoms with E-state index in [0.29, 0.717) is 19.8 Å². The molecule has 0 spiro atoms. The molecule has 10 heavy (non-hydrogen) atoms. The van der Waals surface area contributed by atoms with Crippen molar-refractivity contribution in [3.05, 3.63) is 0 Å². The molecule has 1 fully saturated rings. The molecule has 1 aliphatic heterocycles. The molecule has 1 heterocycles. The van der Waals surface area contributed by atoms with Crippen molar-refractivity contribution in [1.82, 2.24) is 0 Å². The van der Waals surface area contributed by atoms with Crippen LogP contribution in [0, 0.1) is 5.92 Å². The summed E-state index contributed by atoms with van der Waals surface area (Å²) in [4.78, 5) is 0. The van der Waals surface area contributed by atoms with Gasteiger partial charge in [0, 0.05) is 12.5 Å². The van der Waals surface area contributed by atoms with Gasteiger partial charge in [0.25, 0.3) is 0 Å².